The summed E-state index contributed by atoms with van der Waals surface area (Å²) in [6.07, 6.45) is 3.76. The molecular weight excluding hydrogens is 505 g/mol. The second-order valence-electron chi connectivity index (χ2n) is 10.2. The van der Waals surface area contributed by atoms with E-state index in [0.717, 1.165) is 22.0 Å². The van der Waals surface area contributed by atoms with Crippen molar-refractivity contribution in [3.8, 4) is 0 Å². The SMILES string of the molecule is CC(=O)N[C@@H](Cc1ccccc1)P(=O)(O)CC1(C(=O)N[C@@H](Cc2c[nH]c3ccccc23)C(=O)O)CCCC1. The van der Waals surface area contributed by atoms with Gasteiger partial charge in [0.1, 0.15) is 11.8 Å². The number of amides is 2. The molecule has 0 saturated heterocycles. The molecule has 0 spiro atoms. The van der Waals surface area contributed by atoms with Crippen molar-refractivity contribution in [2.24, 2.45) is 5.41 Å². The highest BCUT2D eigenvalue weighted by molar-refractivity contribution is 7.58. The zero-order valence-electron chi connectivity index (χ0n) is 21.4. The number of para-hydroxylation sites is 1. The van der Waals surface area contributed by atoms with Crippen LogP contribution in [0.15, 0.2) is 60.8 Å². The summed E-state index contributed by atoms with van der Waals surface area (Å²) in [5.41, 5.74) is 1.23. The number of aliphatic carboxylic acids is 1. The van der Waals surface area contributed by atoms with Crippen molar-refractivity contribution in [3.05, 3.63) is 71.9 Å². The van der Waals surface area contributed by atoms with E-state index < -0.39 is 42.4 Å². The molecule has 10 heteroatoms. The Morgan fingerprint density at radius 1 is 1.00 bits per heavy atom. The summed E-state index contributed by atoms with van der Waals surface area (Å²) in [5, 5.41) is 16.1. The molecule has 2 aromatic carbocycles. The summed E-state index contributed by atoms with van der Waals surface area (Å²) in [6, 6.07) is 15.4. The van der Waals surface area contributed by atoms with Gasteiger partial charge in [-0.15, -0.1) is 0 Å². The van der Waals surface area contributed by atoms with Crippen molar-refractivity contribution in [2.75, 3.05) is 6.16 Å². The normalized spacial score (nSPS) is 17.8. The van der Waals surface area contributed by atoms with Crippen LogP contribution in [0.5, 0.6) is 0 Å². The van der Waals surface area contributed by atoms with E-state index in [4.69, 9.17) is 0 Å². The molecule has 202 valence electrons. The predicted molar refractivity (Wildman–Crippen MR) is 145 cm³/mol. The smallest absolute Gasteiger partial charge is 0.326 e. The molecule has 2 amide bonds. The Morgan fingerprint density at radius 3 is 2.32 bits per heavy atom. The maximum Gasteiger partial charge on any atom is 0.326 e. The minimum absolute atomic E-state index is 0.0699. The van der Waals surface area contributed by atoms with E-state index in [1.54, 1.807) is 6.20 Å². The van der Waals surface area contributed by atoms with Gasteiger partial charge in [0.05, 0.1) is 5.41 Å². The number of carbonyl (C=O) groups is 3. The first kappa shape index (κ1) is 27.6. The van der Waals surface area contributed by atoms with Crippen LogP contribution in [0.1, 0.15) is 43.7 Å². The molecule has 1 unspecified atom stereocenters. The molecule has 4 rings (SSSR count). The summed E-state index contributed by atoms with van der Waals surface area (Å²) in [5.74, 6) is -3.20. The maximum atomic E-state index is 13.8. The number of aromatic nitrogens is 1. The lowest BCUT2D eigenvalue weighted by molar-refractivity contribution is -0.143. The first-order valence-electron chi connectivity index (χ1n) is 12.8. The van der Waals surface area contributed by atoms with Gasteiger partial charge in [0.15, 0.2) is 0 Å². The molecule has 3 atom stereocenters. The molecule has 5 N–H and O–H groups in total. The second kappa shape index (κ2) is 11.5. The van der Waals surface area contributed by atoms with Crippen molar-refractivity contribution in [1.29, 1.82) is 0 Å². The highest BCUT2D eigenvalue weighted by atomic mass is 31.2. The zero-order chi connectivity index (χ0) is 27.3. The van der Waals surface area contributed by atoms with E-state index >= 15 is 0 Å². The van der Waals surface area contributed by atoms with Crippen LogP contribution in [-0.2, 0) is 31.8 Å². The first-order chi connectivity index (χ1) is 18.1. The van der Waals surface area contributed by atoms with Crippen LogP contribution >= 0.6 is 7.37 Å². The van der Waals surface area contributed by atoms with Crippen molar-refractivity contribution >= 4 is 36.1 Å². The quantitative estimate of drug-likeness (QED) is 0.234. The Labute approximate surface area is 221 Å². The van der Waals surface area contributed by atoms with Gasteiger partial charge in [0.2, 0.25) is 19.2 Å². The van der Waals surface area contributed by atoms with Gasteiger partial charge in [0, 0.05) is 43.0 Å². The van der Waals surface area contributed by atoms with Gasteiger partial charge in [-0.1, -0.05) is 61.4 Å². The van der Waals surface area contributed by atoms with Crippen LogP contribution in [-0.4, -0.2) is 50.8 Å². The van der Waals surface area contributed by atoms with E-state index in [0.29, 0.717) is 25.7 Å². The fourth-order valence-electron chi connectivity index (χ4n) is 5.45. The molecule has 1 aliphatic rings. The summed E-state index contributed by atoms with van der Waals surface area (Å²) < 4.78 is 13.8. The number of H-pyrrole nitrogens is 1. The van der Waals surface area contributed by atoms with Gasteiger partial charge in [-0.25, -0.2) is 4.79 Å². The lowest BCUT2D eigenvalue weighted by Crippen LogP contribution is -2.50. The average molecular weight is 540 g/mol. The number of benzene rings is 2. The van der Waals surface area contributed by atoms with Gasteiger partial charge in [0.25, 0.3) is 0 Å². The lowest BCUT2D eigenvalue weighted by atomic mass is 9.87. The number of carboxylic acids is 1. The molecule has 0 aliphatic heterocycles. The van der Waals surface area contributed by atoms with Gasteiger partial charge >= 0.3 is 5.97 Å². The second-order valence-corrected chi connectivity index (χ2v) is 12.7. The van der Waals surface area contributed by atoms with Crippen LogP contribution in [0.2, 0.25) is 0 Å². The number of rotatable bonds is 11. The third-order valence-electron chi connectivity index (χ3n) is 7.40. The monoisotopic (exact) mass is 539 g/mol. The summed E-state index contributed by atoms with van der Waals surface area (Å²) in [4.78, 5) is 52.1. The fourth-order valence-corrected chi connectivity index (χ4v) is 7.88. The number of hydrogen-bond acceptors (Lipinski definition) is 4. The Kier molecular flexibility index (Phi) is 8.38. The zero-order valence-corrected chi connectivity index (χ0v) is 22.2. The molecular formula is C28H34N3O6P. The molecule has 1 aliphatic carbocycles. The Morgan fingerprint density at radius 2 is 1.66 bits per heavy atom. The highest BCUT2D eigenvalue weighted by Crippen LogP contribution is 2.55. The maximum absolute atomic E-state index is 13.8. The Bertz CT molecular complexity index is 1350. The lowest BCUT2D eigenvalue weighted by Gasteiger charge is -2.34. The third-order valence-corrected chi connectivity index (χ3v) is 9.75. The first-order valence-corrected chi connectivity index (χ1v) is 14.7. The molecule has 1 fully saturated rings. The van der Waals surface area contributed by atoms with Gasteiger partial charge < -0.3 is 25.6 Å². The van der Waals surface area contributed by atoms with Gasteiger partial charge in [-0.05, 0) is 30.0 Å². The molecule has 1 saturated carbocycles. The number of carbonyl (C=O) groups excluding carboxylic acids is 2. The molecule has 1 aromatic heterocycles. The summed E-state index contributed by atoms with van der Waals surface area (Å²) >= 11 is 0. The van der Waals surface area contributed by atoms with Crippen molar-refractivity contribution in [3.63, 3.8) is 0 Å². The van der Waals surface area contributed by atoms with Gasteiger partial charge in [-0.3, -0.25) is 14.2 Å². The molecule has 3 aromatic rings. The Hall–Kier alpha value is -3.42. The van der Waals surface area contributed by atoms with Crippen LogP contribution in [0.3, 0.4) is 0 Å². The molecule has 0 bridgehead atoms. The number of carboxylic acid groups (broad SMARTS) is 1. The number of hydrogen-bond donors (Lipinski definition) is 5. The standard InChI is InChI=1S/C28H34N3O6P/c1-19(32)30-25(15-20-9-3-2-4-10-20)38(36,37)18-28(13-7-8-14-28)27(35)31-24(26(33)34)16-21-17-29-23-12-6-5-11-22(21)23/h2-6,9-12,17,24-25,29H,7-8,13-16,18H2,1H3,(H,30,32)(H,31,35)(H,33,34)(H,36,37)/t24-,25+/m0/s1. The minimum Gasteiger partial charge on any atom is -0.480 e. The molecule has 9 nitrogen and oxygen atoms in total. The van der Waals surface area contributed by atoms with E-state index in [9.17, 15) is 28.9 Å². The van der Waals surface area contributed by atoms with Crippen LogP contribution in [0.25, 0.3) is 10.9 Å². The highest BCUT2D eigenvalue weighted by Gasteiger charge is 2.49. The number of nitrogens with one attached hydrogen (secondary N) is 3. The molecule has 38 heavy (non-hydrogen) atoms. The number of fused-ring (bicyclic) bond motifs is 1. The van der Waals surface area contributed by atoms with E-state index in [1.807, 2.05) is 54.6 Å². The molecule has 1 heterocycles. The summed E-state index contributed by atoms with van der Waals surface area (Å²) in [6.45, 7) is 1.29. The van der Waals surface area contributed by atoms with Crippen LogP contribution in [0, 0.1) is 5.41 Å². The third kappa shape index (κ3) is 6.34. The average Bonchev–Trinajstić information content (AvgIpc) is 3.51. The van der Waals surface area contributed by atoms with Crippen molar-refractivity contribution < 1.29 is 28.9 Å². The van der Waals surface area contributed by atoms with E-state index in [2.05, 4.69) is 15.6 Å². The molecule has 0 radical (unpaired) electrons. The predicted octanol–water partition coefficient (Wildman–Crippen LogP) is 3.82. The Balaban J connectivity index is 1.55. The van der Waals surface area contributed by atoms with E-state index in [-0.39, 0.29) is 19.0 Å². The van der Waals surface area contributed by atoms with E-state index in [1.165, 1.54) is 6.92 Å². The fraction of sp³-hybridized carbons (Fsp3) is 0.393. The van der Waals surface area contributed by atoms with Crippen LogP contribution < -0.4 is 10.6 Å². The van der Waals surface area contributed by atoms with Crippen molar-refractivity contribution in [2.45, 2.75) is 57.3 Å². The van der Waals surface area contributed by atoms with Crippen molar-refractivity contribution in [1.82, 2.24) is 15.6 Å². The minimum atomic E-state index is -4.09. The summed E-state index contributed by atoms with van der Waals surface area (Å²) in [7, 11) is -4.09. The van der Waals surface area contributed by atoms with Crippen LogP contribution in [0.4, 0.5) is 0 Å². The van der Waals surface area contributed by atoms with Gasteiger partial charge in [-0.2, -0.15) is 0 Å². The number of aromatic amines is 1. The topological polar surface area (TPSA) is 149 Å². The largest absolute Gasteiger partial charge is 0.480 e.